The number of rotatable bonds is 14. The molecule has 0 aromatic carbocycles. The van der Waals surface area contributed by atoms with Crippen molar-refractivity contribution in [2.45, 2.75) is 97.2 Å². The molecule has 3 aliphatic heterocycles. The fourth-order valence-electron chi connectivity index (χ4n) is 6.38. The van der Waals surface area contributed by atoms with Gasteiger partial charge in [0.05, 0.1) is 17.8 Å². The average molecular weight is 672 g/mol. The van der Waals surface area contributed by atoms with Gasteiger partial charge in [-0.3, -0.25) is 39.0 Å². The first kappa shape index (κ1) is 43.6. The van der Waals surface area contributed by atoms with Gasteiger partial charge in [0, 0.05) is 44.6 Å². The summed E-state index contributed by atoms with van der Waals surface area (Å²) in [7, 11) is 1.72. The predicted molar refractivity (Wildman–Crippen MR) is 187 cm³/mol. The van der Waals surface area contributed by atoms with E-state index in [4.69, 9.17) is 0 Å². The molecule has 5 N–H and O–H groups in total. The lowest BCUT2D eigenvalue weighted by molar-refractivity contribution is -0.195. The van der Waals surface area contributed by atoms with Crippen LogP contribution >= 0.6 is 0 Å². The number of hydrogen-bond acceptors (Lipinski definition) is 9. The molecule has 2 saturated heterocycles. The third-order valence-electron chi connectivity index (χ3n) is 8.33. The Kier molecular flexibility index (Phi) is 20.2. The summed E-state index contributed by atoms with van der Waals surface area (Å²) in [6, 6.07) is -2.54. The number of fused-ring (bicyclic) bond motifs is 2. The summed E-state index contributed by atoms with van der Waals surface area (Å²) in [5, 5.41) is 31.4. The van der Waals surface area contributed by atoms with E-state index in [9.17, 15) is 39.3 Å². The van der Waals surface area contributed by atoms with Gasteiger partial charge in [0.1, 0.15) is 23.2 Å². The van der Waals surface area contributed by atoms with Crippen LogP contribution in [0.3, 0.4) is 0 Å². The summed E-state index contributed by atoms with van der Waals surface area (Å²) >= 11 is 0. The van der Waals surface area contributed by atoms with Gasteiger partial charge in [0.15, 0.2) is 0 Å². The van der Waals surface area contributed by atoms with Gasteiger partial charge in [-0.05, 0) is 45.7 Å². The number of amides is 1. The summed E-state index contributed by atoms with van der Waals surface area (Å²) in [6.07, 6.45) is 24.2. The van der Waals surface area contributed by atoms with Crippen LogP contribution in [0.1, 0.15) is 79.1 Å². The van der Waals surface area contributed by atoms with Gasteiger partial charge in [0.25, 0.3) is 0 Å². The van der Waals surface area contributed by atoms with Crippen LogP contribution in [-0.2, 0) is 24.0 Å². The Balaban J connectivity index is 0.00000176. The Morgan fingerprint density at radius 3 is 2.19 bits per heavy atom. The highest BCUT2D eigenvalue weighted by Gasteiger charge is 2.68. The van der Waals surface area contributed by atoms with Crippen LogP contribution < -0.4 is 5.73 Å². The first-order valence-corrected chi connectivity index (χ1v) is 16.2. The van der Waals surface area contributed by atoms with E-state index in [2.05, 4.69) is 28.6 Å². The molecule has 5 atom stereocenters. The van der Waals surface area contributed by atoms with Crippen molar-refractivity contribution >= 4 is 42.5 Å². The zero-order valence-electron chi connectivity index (χ0n) is 28.8. The minimum absolute atomic E-state index is 0.0784. The van der Waals surface area contributed by atoms with Crippen LogP contribution in [0.4, 0.5) is 0 Å². The van der Waals surface area contributed by atoms with Gasteiger partial charge in [-0.25, -0.2) is 0 Å². The van der Waals surface area contributed by atoms with Crippen molar-refractivity contribution in [1.82, 2.24) is 9.80 Å². The number of carbonyl (C=O) groups excluding carboxylic acids is 2. The number of carboxylic acid groups (broad SMARTS) is 3. The number of aliphatic carboxylic acids is 3. The molecule has 0 aliphatic carbocycles. The number of hydrogen-bond donors (Lipinski definition) is 4. The maximum absolute atomic E-state index is 13.1. The zero-order chi connectivity index (χ0) is 36.9. The number of carboxylic acids is 3. The second-order valence-corrected chi connectivity index (χ2v) is 11.4. The number of unbranched alkanes of at least 4 members (excludes halogenated alkanes) is 1. The number of likely N-dealkylation sites (tertiary alicyclic amines) is 2. The highest BCUT2D eigenvalue weighted by molar-refractivity contribution is 5.88. The van der Waals surface area contributed by atoms with E-state index in [1.165, 1.54) is 0 Å². The van der Waals surface area contributed by atoms with Crippen LogP contribution in [0.15, 0.2) is 46.2 Å². The molecule has 3 aliphatic rings. The molecule has 0 radical (unpaired) electrons. The molecule has 13 heteroatoms. The molecule has 3 heterocycles. The van der Waals surface area contributed by atoms with E-state index in [1.807, 2.05) is 39.8 Å². The first-order valence-electron chi connectivity index (χ1n) is 16.2. The molecule has 13 nitrogen and oxygen atoms in total. The van der Waals surface area contributed by atoms with Crippen molar-refractivity contribution in [3.63, 3.8) is 0 Å². The Labute approximate surface area is 284 Å². The molecule has 3 rings (SSSR count). The van der Waals surface area contributed by atoms with Gasteiger partial charge in [-0.15, -0.1) is 12.8 Å². The summed E-state index contributed by atoms with van der Waals surface area (Å²) in [5.74, 6) is -3.81. The fraction of sp³-hybridized carbons (Fsp3) is 0.571. The van der Waals surface area contributed by atoms with Gasteiger partial charge in [0.2, 0.25) is 5.91 Å². The molecule has 0 aromatic heterocycles. The molecule has 2 bridgehead atoms. The summed E-state index contributed by atoms with van der Waals surface area (Å²) in [5.41, 5.74) is 2.09. The third-order valence-corrected chi connectivity index (χ3v) is 8.33. The van der Waals surface area contributed by atoms with Crippen LogP contribution in [-0.4, -0.2) is 106 Å². The number of aliphatic imine (C=N–C) groups is 2. The molecular formula is C35H53N5O8. The lowest BCUT2D eigenvalue weighted by Crippen LogP contribution is -2.76. The predicted octanol–water partition coefficient (Wildman–Crippen LogP) is 3.80. The van der Waals surface area contributed by atoms with E-state index < -0.39 is 52.8 Å². The summed E-state index contributed by atoms with van der Waals surface area (Å²) in [6.45, 7) is 7.65. The number of allylic oxidation sites excluding steroid dienone is 4. The number of piperidine rings is 2. The van der Waals surface area contributed by atoms with Crippen LogP contribution in [0.2, 0.25) is 0 Å². The molecule has 1 amide bonds. The van der Waals surface area contributed by atoms with Crippen molar-refractivity contribution in [1.29, 1.82) is 0 Å². The topological polar surface area (TPSA) is 203 Å². The minimum atomic E-state index is -1.58. The van der Waals surface area contributed by atoms with Gasteiger partial charge in [-0.1, -0.05) is 51.8 Å². The zero-order valence-corrected chi connectivity index (χ0v) is 28.8. The Bertz CT molecular complexity index is 1260. The van der Waals surface area contributed by atoms with E-state index in [0.717, 1.165) is 12.8 Å². The smallest absolute Gasteiger partial charge is 0.320 e. The maximum atomic E-state index is 13.1. The number of likely N-dealkylation sites (N-methyl/N-ethyl adjacent to an activating group) is 1. The van der Waals surface area contributed by atoms with Gasteiger partial charge in [-0.2, -0.15) is 0 Å². The van der Waals surface area contributed by atoms with Crippen molar-refractivity contribution in [2.24, 2.45) is 26.5 Å². The largest absolute Gasteiger partial charge is 0.481 e. The van der Waals surface area contributed by atoms with Crippen LogP contribution in [0.25, 0.3) is 0 Å². The quantitative estimate of drug-likeness (QED) is 0.0910. The highest BCUT2D eigenvalue weighted by Crippen LogP contribution is 2.54. The first-order chi connectivity index (χ1) is 22.9. The van der Waals surface area contributed by atoms with Crippen molar-refractivity contribution < 1.29 is 39.3 Å². The average Bonchev–Trinajstić information content (AvgIpc) is 3.07. The lowest BCUT2D eigenvalue weighted by Gasteiger charge is -2.62. The fourth-order valence-corrected chi connectivity index (χ4v) is 6.38. The Morgan fingerprint density at radius 1 is 1.10 bits per heavy atom. The van der Waals surface area contributed by atoms with Gasteiger partial charge < -0.3 is 25.8 Å². The number of nitrogens with zero attached hydrogens (tertiary/aromatic N) is 4. The number of aldehydes is 1. The van der Waals surface area contributed by atoms with Crippen molar-refractivity contribution in [3.05, 3.63) is 36.2 Å². The summed E-state index contributed by atoms with van der Waals surface area (Å²) < 4.78 is 0. The molecule has 0 aromatic rings. The molecule has 266 valence electrons. The van der Waals surface area contributed by atoms with E-state index in [0.29, 0.717) is 31.2 Å². The standard InChI is InChI=1S/C27H38N4O6.C4H7NO2.C2H6.C2H2/c1-4-6-9-13-28-15-21-26(24(34)35)16-27(25(36)37,22(30(21)3)19-11-8-10-14-29-19)18-31(17-26)20(23(32)33)12-7-5-2;5-4(7)2-1-3-6;2*1-2/h4,6,9,11,13-15,20-22H,5,7-8,10,12,16-18H2,1-3H3,(H,32,33)(H,34,35)(H,36,37);3H,1-2H2,(H2,5,7);1-2H3;1-2H/b6-4-,13-9-,28-15?;;;/t20?,21-,22+,26?,27?;;;/m1.../s1. The molecule has 2 fully saturated rings. The van der Waals surface area contributed by atoms with Crippen LogP contribution in [0, 0.1) is 23.7 Å². The van der Waals surface area contributed by atoms with Gasteiger partial charge >= 0.3 is 17.9 Å². The van der Waals surface area contributed by atoms with E-state index in [1.54, 1.807) is 47.6 Å². The number of primary amides is 1. The maximum Gasteiger partial charge on any atom is 0.320 e. The molecule has 0 spiro atoms. The molecular weight excluding hydrogens is 618 g/mol. The lowest BCUT2D eigenvalue weighted by atomic mass is 9.56. The van der Waals surface area contributed by atoms with E-state index >= 15 is 0 Å². The Morgan fingerprint density at radius 2 is 1.73 bits per heavy atom. The monoisotopic (exact) mass is 671 g/mol. The number of terminal acetylenes is 1. The second kappa shape index (κ2) is 22.2. The van der Waals surface area contributed by atoms with Crippen molar-refractivity contribution in [3.8, 4) is 12.8 Å². The minimum Gasteiger partial charge on any atom is -0.481 e. The SMILES string of the molecule is C#C.C/C=C\C=C/N=C[C@H]1N(C)[C@@H](C2=CCCC=N2)C2(C(=O)O)CN(C(CCCC)C(=O)O)CC1(C(=O)O)C2.CC.NC(=O)CCC=O. The Hall–Kier alpha value is -4.41. The van der Waals surface area contributed by atoms with Crippen molar-refractivity contribution in [2.75, 3.05) is 20.1 Å². The highest BCUT2D eigenvalue weighted by atomic mass is 16.4. The van der Waals surface area contributed by atoms with E-state index in [-0.39, 0.29) is 32.4 Å². The number of nitrogens with two attached hydrogens (primary N) is 1. The van der Waals surface area contributed by atoms with Crippen LogP contribution in [0.5, 0.6) is 0 Å². The normalized spacial score (nSPS) is 25.8. The second-order valence-electron chi connectivity index (χ2n) is 11.4. The molecule has 0 saturated carbocycles. The molecule has 3 unspecified atom stereocenters. The summed E-state index contributed by atoms with van der Waals surface area (Å²) in [4.78, 5) is 70.1. The third kappa shape index (κ3) is 11.1. The molecule has 48 heavy (non-hydrogen) atoms. The number of carbonyl (C=O) groups is 5.